The Morgan fingerprint density at radius 2 is 1.78 bits per heavy atom. The van der Waals surface area contributed by atoms with Crippen LogP contribution in [-0.2, 0) is 19.4 Å². The van der Waals surface area contributed by atoms with Crippen molar-refractivity contribution in [1.29, 1.82) is 0 Å². The molecule has 164 valence electrons. The number of anilines is 2. The summed E-state index contributed by atoms with van der Waals surface area (Å²) < 4.78 is 31.9. The number of carbonyl (C=O) groups is 1. The SMILES string of the molecule is O=C(C=Cc1cccnc1)Nc1ccc(S(=O)(=O)c2cccnc2N2CCOCC2)cc1. The monoisotopic (exact) mass is 450 g/mol. The van der Waals surface area contributed by atoms with Crippen molar-refractivity contribution in [3.05, 3.63) is 78.8 Å². The quantitative estimate of drug-likeness (QED) is 0.576. The van der Waals surface area contributed by atoms with Crippen LogP contribution >= 0.6 is 0 Å². The second-order valence-electron chi connectivity index (χ2n) is 7.06. The first-order chi connectivity index (χ1) is 15.5. The number of amides is 1. The summed E-state index contributed by atoms with van der Waals surface area (Å²) in [5, 5.41) is 2.72. The van der Waals surface area contributed by atoms with Gasteiger partial charge in [-0.25, -0.2) is 13.4 Å². The molecule has 3 heterocycles. The Balaban J connectivity index is 1.50. The fourth-order valence-corrected chi connectivity index (χ4v) is 4.71. The van der Waals surface area contributed by atoms with E-state index in [4.69, 9.17) is 4.74 Å². The third kappa shape index (κ3) is 5.01. The summed E-state index contributed by atoms with van der Waals surface area (Å²) in [4.78, 5) is 22.6. The van der Waals surface area contributed by atoms with Crippen molar-refractivity contribution < 1.29 is 17.9 Å². The van der Waals surface area contributed by atoms with E-state index in [-0.39, 0.29) is 15.7 Å². The number of sulfone groups is 1. The van der Waals surface area contributed by atoms with Crippen molar-refractivity contribution in [3.63, 3.8) is 0 Å². The first kappa shape index (κ1) is 21.7. The second kappa shape index (κ2) is 9.71. The Morgan fingerprint density at radius 3 is 2.50 bits per heavy atom. The van der Waals surface area contributed by atoms with Gasteiger partial charge in [0, 0.05) is 43.4 Å². The lowest BCUT2D eigenvalue weighted by Crippen LogP contribution is -2.37. The molecule has 3 aromatic rings. The molecule has 1 N–H and O–H groups in total. The van der Waals surface area contributed by atoms with E-state index < -0.39 is 9.84 Å². The molecule has 32 heavy (non-hydrogen) atoms. The van der Waals surface area contributed by atoms with Gasteiger partial charge in [-0.05, 0) is 54.1 Å². The first-order valence-electron chi connectivity index (χ1n) is 10.1. The second-order valence-corrected chi connectivity index (χ2v) is 8.98. The normalized spacial score (nSPS) is 14.4. The molecule has 1 aliphatic rings. The Labute approximate surface area is 186 Å². The zero-order valence-electron chi connectivity index (χ0n) is 17.2. The van der Waals surface area contributed by atoms with Crippen molar-refractivity contribution in [2.24, 2.45) is 0 Å². The lowest BCUT2D eigenvalue weighted by molar-refractivity contribution is -0.111. The zero-order chi connectivity index (χ0) is 22.4. The molecule has 0 unspecified atom stereocenters. The molecule has 0 atom stereocenters. The topological polar surface area (TPSA) is 101 Å². The highest BCUT2D eigenvalue weighted by atomic mass is 32.2. The van der Waals surface area contributed by atoms with E-state index >= 15 is 0 Å². The van der Waals surface area contributed by atoms with Crippen LogP contribution in [0.1, 0.15) is 5.56 Å². The number of carbonyl (C=O) groups excluding carboxylic acids is 1. The number of morpholine rings is 1. The lowest BCUT2D eigenvalue weighted by atomic mass is 10.2. The molecule has 1 saturated heterocycles. The summed E-state index contributed by atoms with van der Waals surface area (Å²) >= 11 is 0. The van der Waals surface area contributed by atoms with E-state index in [0.717, 1.165) is 5.56 Å². The minimum atomic E-state index is -3.79. The predicted octanol–water partition coefficient (Wildman–Crippen LogP) is 2.80. The van der Waals surface area contributed by atoms with Crippen LogP contribution in [0.15, 0.2) is 83.0 Å². The molecule has 2 aromatic heterocycles. The van der Waals surface area contributed by atoms with Gasteiger partial charge in [0.25, 0.3) is 0 Å². The summed E-state index contributed by atoms with van der Waals surface area (Å²) in [5.41, 5.74) is 1.29. The zero-order valence-corrected chi connectivity index (χ0v) is 18.0. The summed E-state index contributed by atoms with van der Waals surface area (Å²) in [6.07, 6.45) is 7.93. The maximum absolute atomic E-state index is 13.3. The van der Waals surface area contributed by atoms with Crippen molar-refractivity contribution >= 4 is 33.3 Å². The van der Waals surface area contributed by atoms with Crippen LogP contribution in [0.3, 0.4) is 0 Å². The highest BCUT2D eigenvalue weighted by Crippen LogP contribution is 2.29. The van der Waals surface area contributed by atoms with E-state index in [2.05, 4.69) is 15.3 Å². The average molecular weight is 451 g/mol. The van der Waals surface area contributed by atoms with Gasteiger partial charge < -0.3 is 15.0 Å². The fourth-order valence-electron chi connectivity index (χ4n) is 3.28. The number of hydrogen-bond donors (Lipinski definition) is 1. The number of aromatic nitrogens is 2. The number of rotatable bonds is 6. The number of hydrogen-bond acceptors (Lipinski definition) is 7. The van der Waals surface area contributed by atoms with Crippen LogP contribution in [0.4, 0.5) is 11.5 Å². The molecule has 0 aliphatic carbocycles. The molecular formula is C23H22N4O4S. The largest absolute Gasteiger partial charge is 0.378 e. The van der Waals surface area contributed by atoms with Gasteiger partial charge in [0.2, 0.25) is 15.7 Å². The number of nitrogens with zero attached hydrogens (tertiary/aromatic N) is 3. The van der Waals surface area contributed by atoms with Crippen LogP contribution < -0.4 is 10.2 Å². The number of pyridine rings is 2. The van der Waals surface area contributed by atoms with Crippen molar-refractivity contribution in [1.82, 2.24) is 9.97 Å². The van der Waals surface area contributed by atoms with Gasteiger partial charge in [-0.3, -0.25) is 9.78 Å². The summed E-state index contributed by atoms with van der Waals surface area (Å²) in [7, 11) is -3.79. The highest BCUT2D eigenvalue weighted by molar-refractivity contribution is 7.91. The number of nitrogens with one attached hydrogen (secondary N) is 1. The summed E-state index contributed by atoms with van der Waals surface area (Å²) in [6, 6.07) is 12.9. The molecule has 8 nitrogen and oxygen atoms in total. The maximum atomic E-state index is 13.3. The van der Waals surface area contributed by atoms with Gasteiger partial charge in [-0.1, -0.05) is 6.07 Å². The van der Waals surface area contributed by atoms with Crippen molar-refractivity contribution in [3.8, 4) is 0 Å². The molecule has 1 aromatic carbocycles. The van der Waals surface area contributed by atoms with E-state index in [1.807, 2.05) is 11.0 Å². The molecule has 0 bridgehead atoms. The highest BCUT2D eigenvalue weighted by Gasteiger charge is 2.26. The van der Waals surface area contributed by atoms with E-state index in [9.17, 15) is 13.2 Å². The average Bonchev–Trinajstić information content (AvgIpc) is 2.84. The Kier molecular flexibility index (Phi) is 6.58. The summed E-state index contributed by atoms with van der Waals surface area (Å²) in [6.45, 7) is 2.22. The van der Waals surface area contributed by atoms with Gasteiger partial charge >= 0.3 is 0 Å². The maximum Gasteiger partial charge on any atom is 0.248 e. The third-order valence-electron chi connectivity index (χ3n) is 4.89. The van der Waals surface area contributed by atoms with Crippen LogP contribution in [0.25, 0.3) is 6.08 Å². The summed E-state index contributed by atoms with van der Waals surface area (Å²) in [5.74, 6) is 0.0973. The smallest absolute Gasteiger partial charge is 0.248 e. The molecule has 0 saturated carbocycles. The van der Waals surface area contributed by atoms with Crippen molar-refractivity contribution in [2.45, 2.75) is 9.79 Å². The van der Waals surface area contributed by atoms with Crippen LogP contribution in [0.2, 0.25) is 0 Å². The molecule has 0 radical (unpaired) electrons. The molecule has 1 fully saturated rings. The molecular weight excluding hydrogens is 428 g/mol. The first-order valence-corrected chi connectivity index (χ1v) is 11.5. The standard InChI is InChI=1S/C23H22N4O4S/c28-22(10-5-18-3-1-11-24-17-18)26-19-6-8-20(9-7-19)32(29,30)21-4-2-12-25-23(21)27-13-15-31-16-14-27/h1-12,17H,13-16H2,(H,26,28). The van der Waals surface area contributed by atoms with Crippen LogP contribution in [-0.4, -0.2) is 50.6 Å². The van der Waals surface area contributed by atoms with Crippen molar-refractivity contribution in [2.75, 3.05) is 36.5 Å². The van der Waals surface area contributed by atoms with Crippen LogP contribution in [0, 0.1) is 0 Å². The van der Waals surface area contributed by atoms with Gasteiger partial charge in [-0.15, -0.1) is 0 Å². The number of ether oxygens (including phenoxy) is 1. The predicted molar refractivity (Wildman–Crippen MR) is 121 cm³/mol. The molecule has 0 spiro atoms. The molecule has 1 aliphatic heterocycles. The number of benzene rings is 1. The molecule has 4 rings (SSSR count). The third-order valence-corrected chi connectivity index (χ3v) is 6.69. The van der Waals surface area contributed by atoms with Gasteiger partial charge in [0.1, 0.15) is 10.7 Å². The lowest BCUT2D eigenvalue weighted by Gasteiger charge is -2.29. The van der Waals surface area contributed by atoms with Gasteiger partial charge in [-0.2, -0.15) is 0 Å². The Hall–Kier alpha value is -3.56. The molecule has 9 heteroatoms. The van der Waals surface area contributed by atoms with Crippen LogP contribution in [0.5, 0.6) is 0 Å². The minimum absolute atomic E-state index is 0.129. The van der Waals surface area contributed by atoms with Gasteiger partial charge in [0.15, 0.2) is 0 Å². The molecule has 1 amide bonds. The van der Waals surface area contributed by atoms with E-state index in [1.54, 1.807) is 55.0 Å². The Morgan fingerprint density at radius 1 is 1.03 bits per heavy atom. The van der Waals surface area contributed by atoms with E-state index in [0.29, 0.717) is 37.8 Å². The van der Waals surface area contributed by atoms with E-state index in [1.165, 1.54) is 18.2 Å². The minimum Gasteiger partial charge on any atom is -0.378 e. The Bertz CT molecular complexity index is 1210. The fraction of sp³-hybridized carbons (Fsp3) is 0.174. The van der Waals surface area contributed by atoms with Gasteiger partial charge in [0.05, 0.1) is 18.1 Å².